The van der Waals surface area contributed by atoms with E-state index >= 15 is 0 Å². The number of benzene rings is 22. The Morgan fingerprint density at radius 2 is 0.455 bits per heavy atom. The number of hydrogen-bond donors (Lipinski definition) is 0. The van der Waals surface area contributed by atoms with E-state index in [9.17, 15) is 0 Å². The van der Waals surface area contributed by atoms with E-state index in [0.717, 1.165) is 92.2 Å². The van der Waals surface area contributed by atoms with Crippen molar-refractivity contribution in [2.75, 3.05) is 19.6 Å². The SMILES string of the molecule is CCc1ccc(N(c2cccc(-c3cccc(N(c4ccc(C)cc4)c4cc5c(c6ccccc46)-c4c(c6ccc(N(c7ccccc7)c7ccc(C)cc7)cc6c6ccccc46)C54c5ccccc5-c5ccccc54)c3)c2)c2ccc3c4c(c5ccccc5c3c2)-c2c(cc(N(c3ccccc3)c3ccc(CC)cc3)c3ccccc23)C42c3ccccc3-c3ccccc32)cc1. The van der Waals surface area contributed by atoms with Gasteiger partial charge in [-0.15, -0.1) is 0 Å². The number of aryl methyl sites for hydroxylation is 4. The smallest absolute Gasteiger partial charge is 0.0732 e. The van der Waals surface area contributed by atoms with Crippen LogP contribution in [0.5, 0.6) is 0 Å². The minimum absolute atomic E-state index is 0.732. The van der Waals surface area contributed by atoms with E-state index in [1.807, 2.05) is 0 Å². The van der Waals surface area contributed by atoms with Crippen LogP contribution in [0.15, 0.2) is 449 Å². The van der Waals surface area contributed by atoms with Crippen molar-refractivity contribution in [3.05, 3.63) is 516 Å². The minimum atomic E-state index is -0.755. The number of fused-ring (bicyclic) bond motifs is 34. The molecule has 4 nitrogen and oxygen atoms in total. The van der Waals surface area contributed by atoms with E-state index in [2.05, 4.69) is 496 Å². The Morgan fingerprint density at radius 1 is 0.182 bits per heavy atom. The second kappa shape index (κ2) is 30.1. The van der Waals surface area contributed by atoms with Crippen molar-refractivity contribution in [3.8, 4) is 55.6 Å². The largest absolute Gasteiger partial charge is 0.310 e. The van der Waals surface area contributed by atoms with Gasteiger partial charge in [-0.2, -0.15) is 0 Å². The molecule has 4 aliphatic carbocycles. The van der Waals surface area contributed by atoms with Crippen molar-refractivity contribution in [1.29, 1.82) is 0 Å². The topological polar surface area (TPSA) is 13.0 Å². The lowest BCUT2D eigenvalue weighted by Gasteiger charge is -2.34. The summed E-state index contributed by atoms with van der Waals surface area (Å²) in [6, 6.07) is 171. The first kappa shape index (κ1) is 76.8. The summed E-state index contributed by atoms with van der Waals surface area (Å²) in [4.78, 5) is 9.98. The fourth-order valence-corrected chi connectivity index (χ4v) is 23.7. The number of hydrogen-bond acceptors (Lipinski definition) is 4. The molecule has 0 atom stereocenters. The molecule has 26 rings (SSSR count). The lowest BCUT2D eigenvalue weighted by molar-refractivity contribution is 0.802. The first-order valence-electron chi connectivity index (χ1n) is 46.6. The molecule has 22 aromatic carbocycles. The van der Waals surface area contributed by atoms with Crippen molar-refractivity contribution >= 4 is 133 Å². The van der Waals surface area contributed by atoms with Gasteiger partial charge in [0.1, 0.15) is 0 Å². The van der Waals surface area contributed by atoms with Crippen LogP contribution in [0.2, 0.25) is 0 Å². The van der Waals surface area contributed by atoms with Crippen LogP contribution in [0.3, 0.4) is 0 Å². The Labute approximate surface area is 769 Å². The van der Waals surface area contributed by atoms with E-state index in [-0.39, 0.29) is 0 Å². The van der Waals surface area contributed by atoms with Crippen LogP contribution < -0.4 is 19.6 Å². The summed E-state index contributed by atoms with van der Waals surface area (Å²) in [5.74, 6) is 0. The third kappa shape index (κ3) is 11.3. The van der Waals surface area contributed by atoms with Crippen molar-refractivity contribution < 1.29 is 0 Å². The molecule has 0 saturated heterocycles. The summed E-state index contributed by atoms with van der Waals surface area (Å²) in [6.45, 7) is 8.85. The zero-order valence-electron chi connectivity index (χ0n) is 73.9. The molecule has 0 N–H and O–H groups in total. The normalized spacial score (nSPS) is 13.0. The molecular formula is C128H90N4. The Balaban J connectivity index is 0.660. The van der Waals surface area contributed by atoms with Gasteiger partial charge in [-0.1, -0.05) is 340 Å². The monoisotopic (exact) mass is 1680 g/mol. The summed E-state index contributed by atoms with van der Waals surface area (Å²) < 4.78 is 0. The van der Waals surface area contributed by atoms with E-state index in [1.54, 1.807) is 0 Å². The van der Waals surface area contributed by atoms with Gasteiger partial charge in [0.05, 0.1) is 22.2 Å². The minimum Gasteiger partial charge on any atom is -0.310 e. The standard InChI is InChI=1S/C128H90N4/c1-5-83-59-67-90(68-60-83)130(96-72-74-110-112(78-96)98-40-14-18-48-106(98)123-121-107-49-19-15-45-103(107)119(131(88-35-11-8-12-36-88)92-69-61-84(6-2)62-70-92)79-117(121)127(126(110)123)113-51-25-21-41-99(113)100-42-22-26-52-114(100)127)93-37-29-31-85(75-93)86-32-30-38-94(76-86)132(91-65-57-82(4)58-66-91)120-80-118-122(108-50-20-16-46-104(108)120)124-105-47-17-13-39-97(105)111-77-95(129(87-33-9-7-10-34-87)89-63-55-81(3)56-64-89)71-73-109(111)125(124)128(118)115-53-27-23-43-101(115)102-44-24-28-54-116(102)128/h7-80H,5-6H2,1-4H3. The molecule has 0 saturated carbocycles. The summed E-state index contributed by atoms with van der Waals surface area (Å²) in [6.07, 6.45) is 1.89. The molecule has 0 unspecified atom stereocenters. The Kier molecular flexibility index (Phi) is 17.5. The zero-order valence-corrected chi connectivity index (χ0v) is 73.9. The molecule has 4 heteroatoms. The van der Waals surface area contributed by atoms with Crippen LogP contribution in [-0.4, -0.2) is 0 Å². The molecule has 0 heterocycles. The fourth-order valence-electron chi connectivity index (χ4n) is 23.7. The number of para-hydroxylation sites is 2. The number of rotatable bonds is 15. The first-order chi connectivity index (χ1) is 65.2. The quantitative estimate of drug-likeness (QED) is 0.0949. The molecule has 2 spiro atoms. The van der Waals surface area contributed by atoms with Crippen LogP contribution in [0.25, 0.3) is 120 Å². The van der Waals surface area contributed by atoms with Gasteiger partial charge in [-0.3, -0.25) is 0 Å². The molecule has 132 heavy (non-hydrogen) atoms. The highest BCUT2D eigenvalue weighted by Gasteiger charge is 2.56. The average molecular weight is 1680 g/mol. The van der Waals surface area contributed by atoms with Crippen LogP contribution in [0, 0.1) is 13.8 Å². The van der Waals surface area contributed by atoms with Gasteiger partial charge in [0.2, 0.25) is 0 Å². The Hall–Kier alpha value is -16.4. The van der Waals surface area contributed by atoms with Gasteiger partial charge in [-0.25, -0.2) is 0 Å². The third-order valence-electron chi connectivity index (χ3n) is 29.4. The fraction of sp³-hybridized carbons (Fsp3) is 0.0625. The van der Waals surface area contributed by atoms with Gasteiger partial charge < -0.3 is 19.6 Å². The molecule has 0 aliphatic heterocycles. The average Bonchev–Trinajstić information content (AvgIpc) is 1.49. The van der Waals surface area contributed by atoms with Gasteiger partial charge in [0, 0.05) is 67.6 Å². The Morgan fingerprint density at radius 3 is 0.841 bits per heavy atom. The van der Waals surface area contributed by atoms with E-state index in [4.69, 9.17) is 0 Å². The second-order valence-corrected chi connectivity index (χ2v) is 36.3. The zero-order chi connectivity index (χ0) is 87.6. The lowest BCUT2D eigenvalue weighted by atomic mass is 9.69. The molecule has 0 aromatic heterocycles. The highest BCUT2D eigenvalue weighted by atomic mass is 15.2. The van der Waals surface area contributed by atoms with Gasteiger partial charge in [0.25, 0.3) is 0 Å². The van der Waals surface area contributed by atoms with E-state index in [0.29, 0.717) is 0 Å². The predicted molar refractivity (Wildman–Crippen MR) is 556 cm³/mol. The van der Waals surface area contributed by atoms with E-state index < -0.39 is 10.8 Å². The lowest BCUT2D eigenvalue weighted by Crippen LogP contribution is -2.26. The van der Waals surface area contributed by atoms with Crippen LogP contribution >= 0.6 is 0 Å². The molecule has 22 aromatic rings. The third-order valence-corrected chi connectivity index (χ3v) is 29.4. The predicted octanol–water partition coefficient (Wildman–Crippen LogP) is 34.6. The van der Waals surface area contributed by atoms with Crippen molar-refractivity contribution in [2.45, 2.75) is 51.4 Å². The van der Waals surface area contributed by atoms with Crippen LogP contribution in [0.1, 0.15) is 80.6 Å². The molecule has 0 bridgehead atoms. The summed E-state index contributed by atoms with van der Waals surface area (Å²) in [5, 5.41) is 14.6. The van der Waals surface area contributed by atoms with Gasteiger partial charge in [0.15, 0.2) is 0 Å². The van der Waals surface area contributed by atoms with E-state index in [1.165, 1.54) is 176 Å². The Bertz CT molecular complexity index is 8410. The van der Waals surface area contributed by atoms with Gasteiger partial charge >= 0.3 is 0 Å². The molecular weight excluding hydrogens is 1590 g/mol. The molecule has 4 aliphatic rings. The number of nitrogens with zero attached hydrogens (tertiary/aromatic N) is 4. The summed E-state index contributed by atoms with van der Waals surface area (Å²) in [5.41, 5.74) is 39.5. The first-order valence-corrected chi connectivity index (χ1v) is 46.6. The van der Waals surface area contributed by atoms with Crippen LogP contribution in [0.4, 0.5) is 68.2 Å². The van der Waals surface area contributed by atoms with Crippen molar-refractivity contribution in [3.63, 3.8) is 0 Å². The van der Waals surface area contributed by atoms with Crippen molar-refractivity contribution in [1.82, 2.24) is 0 Å². The van der Waals surface area contributed by atoms with Crippen LogP contribution in [-0.2, 0) is 23.7 Å². The highest BCUT2D eigenvalue weighted by molar-refractivity contribution is 6.27. The summed E-state index contributed by atoms with van der Waals surface area (Å²) in [7, 11) is 0. The molecule has 622 valence electrons. The van der Waals surface area contributed by atoms with Crippen molar-refractivity contribution in [2.24, 2.45) is 0 Å². The highest BCUT2D eigenvalue weighted by Crippen LogP contribution is 2.71. The van der Waals surface area contributed by atoms with Gasteiger partial charge in [-0.05, 0) is 325 Å². The molecule has 0 amide bonds. The number of anilines is 12. The maximum atomic E-state index is 2.62. The summed E-state index contributed by atoms with van der Waals surface area (Å²) >= 11 is 0. The molecule has 0 fully saturated rings. The maximum absolute atomic E-state index is 2.62. The molecule has 0 radical (unpaired) electrons. The maximum Gasteiger partial charge on any atom is 0.0732 e. The second-order valence-electron chi connectivity index (χ2n) is 36.3.